The number of fused-ring (bicyclic) bond motifs is 1. The van der Waals surface area contributed by atoms with Crippen molar-refractivity contribution in [2.24, 2.45) is 16.5 Å². The van der Waals surface area contributed by atoms with E-state index in [2.05, 4.69) is 27.1 Å². The van der Waals surface area contributed by atoms with Gasteiger partial charge in [-0.25, -0.2) is 13.2 Å². The monoisotopic (exact) mass is 797 g/mol. The van der Waals surface area contributed by atoms with Gasteiger partial charge in [0.15, 0.2) is 5.76 Å². The molecule has 1 aromatic rings. The SMILES string of the molecule is C=C[C@@H]1C[C@]1(NC(=O)[C@@H]1C[C@@H](OC2=C3ON=C(C)C3OC(c3ccc(OC)cc3)=C2)CN1C(=O)[C@@H](NC(=O)OC(C)(C)C)C(C)(C)C)C(=O)NS(=O)(=O)C1CC1. The van der Waals surface area contributed by atoms with E-state index in [9.17, 15) is 27.6 Å². The first kappa shape index (κ1) is 40.6. The summed E-state index contributed by atoms with van der Waals surface area (Å²) in [5, 5.41) is 8.93. The first-order valence-corrected chi connectivity index (χ1v) is 20.2. The van der Waals surface area contributed by atoms with Crippen LogP contribution in [0.1, 0.15) is 79.7 Å². The molecular formula is C39H51N5O11S. The Morgan fingerprint density at radius 1 is 1.09 bits per heavy atom. The molecule has 16 nitrogen and oxygen atoms in total. The Hall–Kier alpha value is -5.06. The van der Waals surface area contributed by atoms with Crippen LogP contribution in [0.15, 0.2) is 59.7 Å². The molecule has 17 heteroatoms. The number of allylic oxidation sites excluding steroid dienone is 1. The Labute approximate surface area is 327 Å². The minimum Gasteiger partial charge on any atom is -0.497 e. The zero-order valence-electron chi connectivity index (χ0n) is 33.0. The maximum Gasteiger partial charge on any atom is 0.408 e. The Bertz CT molecular complexity index is 1990. The Morgan fingerprint density at radius 3 is 2.34 bits per heavy atom. The number of likely N-dealkylation sites (tertiary alicyclic amines) is 1. The van der Waals surface area contributed by atoms with Crippen LogP contribution >= 0.6 is 0 Å². The van der Waals surface area contributed by atoms with Crippen molar-refractivity contribution in [2.75, 3.05) is 13.7 Å². The number of carbonyl (C=O) groups is 4. The molecule has 1 saturated heterocycles. The minimum atomic E-state index is -3.93. The van der Waals surface area contributed by atoms with Crippen molar-refractivity contribution >= 4 is 45.3 Å². The number of hydrogen-bond donors (Lipinski definition) is 3. The van der Waals surface area contributed by atoms with E-state index in [0.29, 0.717) is 35.8 Å². The number of methoxy groups -OCH3 is 1. The molecule has 304 valence electrons. The highest BCUT2D eigenvalue weighted by Gasteiger charge is 2.62. The lowest BCUT2D eigenvalue weighted by Crippen LogP contribution is -2.60. The molecule has 3 aliphatic heterocycles. The summed E-state index contributed by atoms with van der Waals surface area (Å²) in [7, 11) is -2.36. The lowest BCUT2D eigenvalue weighted by molar-refractivity contribution is -0.143. The van der Waals surface area contributed by atoms with Crippen LogP contribution < -0.4 is 20.1 Å². The van der Waals surface area contributed by atoms with Gasteiger partial charge in [-0.05, 0) is 76.6 Å². The van der Waals surface area contributed by atoms with Crippen molar-refractivity contribution in [2.45, 2.75) is 115 Å². The average molecular weight is 798 g/mol. The molecular weight excluding hydrogens is 747 g/mol. The third-order valence-electron chi connectivity index (χ3n) is 10.2. The maximum absolute atomic E-state index is 14.6. The smallest absolute Gasteiger partial charge is 0.408 e. The fraction of sp³-hybridized carbons (Fsp3) is 0.564. The lowest BCUT2D eigenvalue weighted by Gasteiger charge is -2.36. The van der Waals surface area contributed by atoms with Crippen LogP contribution in [0.3, 0.4) is 0 Å². The molecule has 1 aromatic carbocycles. The summed E-state index contributed by atoms with van der Waals surface area (Å²) in [6.07, 6.45) is 1.80. The largest absolute Gasteiger partial charge is 0.497 e. The van der Waals surface area contributed by atoms with E-state index in [1.807, 2.05) is 12.1 Å². The van der Waals surface area contributed by atoms with Gasteiger partial charge in [0, 0.05) is 24.0 Å². The highest BCUT2D eigenvalue weighted by Crippen LogP contribution is 2.46. The Morgan fingerprint density at radius 2 is 1.77 bits per heavy atom. The zero-order valence-corrected chi connectivity index (χ0v) is 33.8. The van der Waals surface area contributed by atoms with E-state index >= 15 is 0 Å². The second-order valence-electron chi connectivity index (χ2n) is 16.9. The third kappa shape index (κ3) is 8.51. The normalized spacial score (nSPS) is 26.3. The van der Waals surface area contributed by atoms with Gasteiger partial charge < -0.3 is 39.3 Å². The first-order chi connectivity index (χ1) is 26.2. The van der Waals surface area contributed by atoms with E-state index in [1.165, 1.54) is 11.0 Å². The molecule has 0 bridgehead atoms. The number of amides is 4. The molecule has 5 aliphatic rings. The molecule has 6 rings (SSSR count). The van der Waals surface area contributed by atoms with Gasteiger partial charge in [0.05, 0.1) is 18.9 Å². The molecule has 1 unspecified atom stereocenters. The number of ether oxygens (including phenoxy) is 4. The summed E-state index contributed by atoms with van der Waals surface area (Å²) in [5.74, 6) is -1.02. The van der Waals surface area contributed by atoms with E-state index in [0.717, 1.165) is 5.56 Å². The van der Waals surface area contributed by atoms with Crippen molar-refractivity contribution in [3.63, 3.8) is 0 Å². The van der Waals surface area contributed by atoms with Crippen molar-refractivity contribution in [3.05, 3.63) is 60.1 Å². The standard InChI is InChI=1S/C39H51N5O11S/c1-10-23-19-39(23,35(47)43-56(49,50)26-15-16-26)41-33(45)27-17-25(20-44(27)34(46)32(37(3,4)5)40-36(48)54-38(6,7)8)52-29-18-28(22-11-13-24(51-9)14-12-22)53-30-21(2)42-55-31(29)30/h10-14,18,23,25-27,30,32H,1,15-17,19-20H2,2-9H3,(H,40,48)(H,41,45)(H,43,47)/t23-,25-,27+,30?,32-,39-/m1/s1. The fourth-order valence-electron chi connectivity index (χ4n) is 6.88. The fourth-order valence-corrected chi connectivity index (χ4v) is 8.25. The average Bonchev–Trinajstić information content (AvgIpc) is 4.02. The molecule has 2 aliphatic carbocycles. The Kier molecular flexibility index (Phi) is 10.7. The number of nitrogens with one attached hydrogen (secondary N) is 3. The second-order valence-corrected chi connectivity index (χ2v) is 18.9. The molecule has 0 aromatic heterocycles. The van der Waals surface area contributed by atoms with Gasteiger partial charge in [-0.1, -0.05) is 32.0 Å². The molecule has 0 spiro atoms. The zero-order chi connectivity index (χ0) is 41.0. The molecule has 3 heterocycles. The van der Waals surface area contributed by atoms with Crippen LogP contribution in [0, 0.1) is 11.3 Å². The van der Waals surface area contributed by atoms with E-state index in [4.69, 9.17) is 23.8 Å². The van der Waals surface area contributed by atoms with Crippen molar-refractivity contribution in [1.29, 1.82) is 0 Å². The number of nitrogens with zero attached hydrogens (tertiary/aromatic N) is 2. The van der Waals surface area contributed by atoms with Gasteiger partial charge in [-0.3, -0.25) is 19.1 Å². The predicted molar refractivity (Wildman–Crippen MR) is 204 cm³/mol. The maximum atomic E-state index is 14.6. The molecule has 6 atom stereocenters. The number of sulfonamides is 1. The quantitative estimate of drug-likeness (QED) is 0.261. The van der Waals surface area contributed by atoms with E-state index in [1.54, 1.807) is 73.8 Å². The lowest BCUT2D eigenvalue weighted by atomic mass is 9.85. The van der Waals surface area contributed by atoms with Crippen LogP contribution in [0.5, 0.6) is 5.75 Å². The van der Waals surface area contributed by atoms with Gasteiger partial charge in [-0.2, -0.15) is 0 Å². The number of benzene rings is 1. The summed E-state index contributed by atoms with van der Waals surface area (Å²) >= 11 is 0. The molecule has 3 N–H and O–H groups in total. The van der Waals surface area contributed by atoms with Gasteiger partial charge in [-0.15, -0.1) is 6.58 Å². The van der Waals surface area contributed by atoms with Crippen LogP contribution in [0.2, 0.25) is 0 Å². The summed E-state index contributed by atoms with van der Waals surface area (Å²) in [5.41, 5.74) is -2.01. The van der Waals surface area contributed by atoms with Crippen LogP contribution in [0.4, 0.5) is 4.79 Å². The third-order valence-corrected chi connectivity index (χ3v) is 12.0. The van der Waals surface area contributed by atoms with Gasteiger partial charge in [0.25, 0.3) is 5.91 Å². The van der Waals surface area contributed by atoms with Crippen LogP contribution in [-0.4, -0.2) is 97.2 Å². The minimum absolute atomic E-state index is 0.0362. The number of alkyl carbamates (subject to hydrolysis) is 1. The van der Waals surface area contributed by atoms with Crippen LogP contribution in [0.25, 0.3) is 5.76 Å². The topological polar surface area (TPSA) is 200 Å². The Balaban J connectivity index is 1.31. The molecule has 0 radical (unpaired) electrons. The van der Waals surface area contributed by atoms with Gasteiger partial charge in [0.1, 0.15) is 46.5 Å². The summed E-state index contributed by atoms with van der Waals surface area (Å²) < 4.78 is 51.2. The molecule has 2 saturated carbocycles. The van der Waals surface area contributed by atoms with Crippen molar-refractivity contribution in [3.8, 4) is 5.75 Å². The van der Waals surface area contributed by atoms with Gasteiger partial charge >= 0.3 is 6.09 Å². The van der Waals surface area contributed by atoms with E-state index in [-0.39, 0.29) is 25.1 Å². The van der Waals surface area contributed by atoms with Crippen LogP contribution in [-0.2, 0) is 43.5 Å². The van der Waals surface area contributed by atoms with Crippen molar-refractivity contribution < 1.29 is 51.4 Å². The molecule has 4 amide bonds. The highest BCUT2D eigenvalue weighted by atomic mass is 32.2. The summed E-state index contributed by atoms with van der Waals surface area (Å²) in [4.78, 5) is 62.6. The number of rotatable bonds is 12. The van der Waals surface area contributed by atoms with E-state index < -0.39 is 85.9 Å². The number of oxime groups is 1. The van der Waals surface area contributed by atoms with Crippen molar-refractivity contribution in [1.82, 2.24) is 20.3 Å². The van der Waals surface area contributed by atoms with Gasteiger partial charge in [0.2, 0.25) is 33.7 Å². The summed E-state index contributed by atoms with van der Waals surface area (Å²) in [6, 6.07) is 4.87. The first-order valence-electron chi connectivity index (χ1n) is 18.6. The second kappa shape index (κ2) is 14.8. The summed E-state index contributed by atoms with van der Waals surface area (Å²) in [6.45, 7) is 15.8. The molecule has 3 fully saturated rings. The highest BCUT2D eigenvalue weighted by molar-refractivity contribution is 7.91. The molecule has 56 heavy (non-hydrogen) atoms. The number of hydrogen-bond acceptors (Lipinski definition) is 12. The number of carbonyl (C=O) groups excluding carboxylic acids is 4. The predicted octanol–water partition coefficient (Wildman–Crippen LogP) is 3.65.